The van der Waals surface area contributed by atoms with Crippen LogP contribution in [-0.2, 0) is 21.1 Å². The van der Waals surface area contributed by atoms with Crippen LogP contribution in [0.15, 0.2) is 0 Å². The van der Waals surface area contributed by atoms with Crippen LogP contribution in [0.1, 0.15) is 0 Å². The minimum absolute atomic E-state index is 0. The Bertz CT molecular complexity index is 15.1. The van der Waals surface area contributed by atoms with Gasteiger partial charge in [-0.1, -0.05) is 0 Å². The largest absolute Gasteiger partial charge is 2.00 e. The van der Waals surface area contributed by atoms with Crippen molar-refractivity contribution < 1.29 is 21.1 Å². The van der Waals surface area contributed by atoms with Crippen molar-refractivity contribution in [2.24, 2.45) is 5.73 Å². The summed E-state index contributed by atoms with van der Waals surface area (Å²) in [5, 5.41) is 5.74. The molecule has 0 radical (unpaired) electrons. The third-order valence-electron chi connectivity index (χ3n) is 0. The number of hydrogen-bond acceptors (Lipinski definition) is 1. The summed E-state index contributed by atoms with van der Waals surface area (Å²) in [5.41, 5.74) is 4.26. The van der Waals surface area contributed by atoms with E-state index < -0.39 is 0 Å². The van der Waals surface area contributed by atoms with Gasteiger partial charge in [0.1, 0.15) is 0 Å². The van der Waals surface area contributed by atoms with E-state index >= 15 is 0 Å². The predicted molar refractivity (Wildman–Crippen MR) is 18.3 cm³/mol. The smallest absolute Gasteiger partial charge is 0.563 e. The maximum atomic E-state index is 5.74. The van der Waals surface area contributed by atoms with Gasteiger partial charge in [0.2, 0.25) is 0 Å². The van der Waals surface area contributed by atoms with Crippen molar-refractivity contribution >= 4 is 6.34 Å². The number of rotatable bonds is 0. The average Bonchev–Trinajstić information content (AvgIpc) is 0.918. The molecule has 0 unspecified atom stereocenters. The molecule has 2 nitrogen and oxygen atoms in total. The second kappa shape index (κ2) is 30.9. The molecule has 0 aromatic rings. The van der Waals surface area contributed by atoms with Gasteiger partial charge >= 0.3 is 21.1 Å². The Hall–Kier alpha value is 0.158. The molecule has 5 heavy (non-hydrogen) atoms. The predicted octanol–water partition coefficient (Wildman–Crippen LogP) is -0.123. The van der Waals surface area contributed by atoms with Gasteiger partial charge in [-0.3, -0.25) is 0 Å². The molecule has 30 valence electrons. The van der Waals surface area contributed by atoms with Gasteiger partial charge in [0.25, 0.3) is 0 Å². The van der Waals surface area contributed by atoms with Crippen molar-refractivity contribution in [2.45, 2.75) is 0 Å². The number of nitrogens with one attached hydrogen (secondary N) is 1. The fourth-order valence-corrected chi connectivity index (χ4v) is 0. The van der Waals surface area contributed by atoms with Gasteiger partial charge in [-0.15, -0.1) is 0 Å². The molecular weight excluding hydrogens is 236 g/mol. The number of hydrogen-bond donors (Lipinski definition) is 2. The van der Waals surface area contributed by atoms with E-state index in [0.29, 0.717) is 0 Å². The SMILES string of the molecule is N=[C-]N.[CH3-].[W+2]. The molecule has 0 aliphatic rings. The van der Waals surface area contributed by atoms with Crippen molar-refractivity contribution in [1.82, 2.24) is 0 Å². The summed E-state index contributed by atoms with van der Waals surface area (Å²) in [6, 6.07) is 0. The van der Waals surface area contributed by atoms with E-state index in [4.69, 9.17) is 5.41 Å². The molecule has 0 aromatic carbocycles. The number of nitrogens with two attached hydrogens (primary N) is 1. The van der Waals surface area contributed by atoms with Crippen LogP contribution in [0.2, 0.25) is 0 Å². The fraction of sp³-hybridized carbons (Fsp3) is 0. The quantitative estimate of drug-likeness (QED) is 0.264. The molecule has 3 heteroatoms. The third kappa shape index (κ3) is 773. The zero-order chi connectivity index (χ0) is 2.71. The van der Waals surface area contributed by atoms with E-state index in [2.05, 4.69) is 5.73 Å². The first-order valence-electron chi connectivity index (χ1n) is 0.539. The Labute approximate surface area is 46.5 Å². The topological polar surface area (TPSA) is 49.9 Å². The van der Waals surface area contributed by atoms with Crippen LogP contribution in [0.5, 0.6) is 0 Å². The first-order chi connectivity index (χ1) is 1.41. The fourth-order valence-electron chi connectivity index (χ4n) is 0. The summed E-state index contributed by atoms with van der Waals surface area (Å²) in [4.78, 5) is 0. The Morgan fingerprint density at radius 1 is 1.60 bits per heavy atom. The van der Waals surface area contributed by atoms with E-state index in [0.717, 1.165) is 0 Å². The molecule has 0 saturated heterocycles. The first kappa shape index (κ1) is 19.1. The van der Waals surface area contributed by atoms with Crippen molar-refractivity contribution in [3.8, 4) is 0 Å². The van der Waals surface area contributed by atoms with Crippen LogP contribution in [0.4, 0.5) is 0 Å². The Kier molecular flexibility index (Phi) is 118. The molecule has 0 saturated carbocycles. The molecule has 0 aliphatic heterocycles. The maximum Gasteiger partial charge on any atom is 2.00 e. The van der Waals surface area contributed by atoms with Crippen LogP contribution in [0, 0.1) is 12.8 Å². The van der Waals surface area contributed by atoms with Gasteiger partial charge in [0, 0.05) is 0 Å². The van der Waals surface area contributed by atoms with Crippen molar-refractivity contribution in [3.05, 3.63) is 7.43 Å². The van der Waals surface area contributed by atoms with Crippen LogP contribution in [0.3, 0.4) is 0 Å². The Balaban J connectivity index is -0.0000000200. The van der Waals surface area contributed by atoms with E-state index in [9.17, 15) is 0 Å². The van der Waals surface area contributed by atoms with E-state index in [1.54, 1.807) is 0 Å². The molecule has 0 rings (SSSR count). The van der Waals surface area contributed by atoms with Crippen LogP contribution in [0.25, 0.3) is 0 Å². The normalized spacial score (nSPS) is 2.40. The van der Waals surface area contributed by atoms with Crippen molar-refractivity contribution in [1.29, 1.82) is 5.41 Å². The summed E-state index contributed by atoms with van der Waals surface area (Å²) < 4.78 is 0. The second-order valence-electron chi connectivity index (χ2n) is 0.144. The van der Waals surface area contributed by atoms with Crippen LogP contribution < -0.4 is 5.73 Å². The molecule has 0 bridgehead atoms. The van der Waals surface area contributed by atoms with Gasteiger partial charge in [0.15, 0.2) is 0 Å². The molecule has 0 amide bonds. The summed E-state index contributed by atoms with van der Waals surface area (Å²) in [6.45, 7) is 0. The van der Waals surface area contributed by atoms with E-state index in [-0.39, 0.29) is 28.5 Å². The van der Waals surface area contributed by atoms with Crippen molar-refractivity contribution in [3.63, 3.8) is 0 Å². The van der Waals surface area contributed by atoms with Gasteiger partial charge in [-0.05, 0) is 0 Å². The summed E-state index contributed by atoms with van der Waals surface area (Å²) in [5.74, 6) is 0. The minimum Gasteiger partial charge on any atom is -0.563 e. The molecular formula is C2H6N2W. The zero-order valence-electron chi connectivity index (χ0n) is 2.99. The second-order valence-corrected chi connectivity index (χ2v) is 0.144. The Morgan fingerprint density at radius 3 is 1.60 bits per heavy atom. The van der Waals surface area contributed by atoms with Gasteiger partial charge < -0.3 is 24.9 Å². The van der Waals surface area contributed by atoms with Gasteiger partial charge in [-0.25, -0.2) is 0 Å². The van der Waals surface area contributed by atoms with Crippen LogP contribution in [-0.4, -0.2) is 6.34 Å². The van der Waals surface area contributed by atoms with E-state index in [1.165, 1.54) is 6.34 Å². The van der Waals surface area contributed by atoms with Crippen molar-refractivity contribution in [2.75, 3.05) is 0 Å². The van der Waals surface area contributed by atoms with E-state index in [1.807, 2.05) is 0 Å². The third-order valence-corrected chi connectivity index (χ3v) is 0. The standard InChI is InChI=1S/CH3N2.CH3.W/c2-1-3;;/h(H3,2,3);1H3;/q2*-1;+2. The summed E-state index contributed by atoms with van der Waals surface area (Å²) >= 11 is 0. The molecule has 0 atom stereocenters. The summed E-state index contributed by atoms with van der Waals surface area (Å²) in [7, 11) is 0. The van der Waals surface area contributed by atoms with Gasteiger partial charge in [-0.2, -0.15) is 0 Å². The molecule has 0 spiro atoms. The first-order valence-corrected chi connectivity index (χ1v) is 0.539. The molecule has 3 N–H and O–H groups in total. The molecule has 0 aromatic heterocycles. The monoisotopic (exact) mass is 242 g/mol. The Morgan fingerprint density at radius 2 is 1.60 bits per heavy atom. The average molecular weight is 242 g/mol. The van der Waals surface area contributed by atoms with Gasteiger partial charge in [0.05, 0.1) is 0 Å². The molecule has 0 fully saturated rings. The summed E-state index contributed by atoms with van der Waals surface area (Å²) in [6.07, 6.45) is 1.50. The zero-order valence-corrected chi connectivity index (χ0v) is 5.92. The van der Waals surface area contributed by atoms with Crippen LogP contribution >= 0.6 is 0 Å². The minimum atomic E-state index is 0. The molecule has 0 heterocycles. The maximum absolute atomic E-state index is 5.74. The molecule has 0 aliphatic carbocycles.